The van der Waals surface area contributed by atoms with Gasteiger partial charge in [0.1, 0.15) is 11.5 Å². The van der Waals surface area contributed by atoms with E-state index < -0.39 is 30.0 Å². The lowest BCUT2D eigenvalue weighted by atomic mass is 9.43. The van der Waals surface area contributed by atoms with E-state index in [0.29, 0.717) is 35.5 Å². The highest BCUT2D eigenvalue weighted by Crippen LogP contribution is 2.68. The number of benzene rings is 2. The zero-order chi connectivity index (χ0) is 40.9. The fourth-order valence-corrected chi connectivity index (χ4v) is 12.5. The van der Waals surface area contributed by atoms with Crippen LogP contribution in [0.25, 0.3) is 0 Å². The molecule has 0 radical (unpaired) electrons. The summed E-state index contributed by atoms with van der Waals surface area (Å²) >= 11 is 0. The molecule has 8 fully saturated rings. The smallest absolute Gasteiger partial charge is 0.387 e. The first-order valence-corrected chi connectivity index (χ1v) is 19.9. The Balaban J connectivity index is 0.000000157. The van der Waals surface area contributed by atoms with Crippen LogP contribution in [-0.4, -0.2) is 61.6 Å². The fraction of sp³-hybridized carbons (Fsp3) is 0.595. The number of hydrogen-bond donors (Lipinski definition) is 3. The van der Waals surface area contributed by atoms with Crippen LogP contribution in [0.4, 0.5) is 17.6 Å². The molecule has 1 atom stereocenters. The summed E-state index contributed by atoms with van der Waals surface area (Å²) in [6.45, 7) is -5.78. The molecular formula is C42H52F4N6O5. The number of amides is 1. The minimum atomic E-state index is -2.90. The molecule has 308 valence electrons. The third-order valence-corrected chi connectivity index (χ3v) is 13.9. The number of likely N-dealkylation sites (N-methyl/N-ethyl adjacent to an activating group) is 1. The second kappa shape index (κ2) is 15.6. The van der Waals surface area contributed by atoms with Crippen molar-refractivity contribution in [2.24, 2.45) is 73.5 Å². The molecule has 0 aromatic heterocycles. The number of carbonyl (C=O) groups excluding carboxylic acids is 3. The second-order valence-electron chi connectivity index (χ2n) is 17.6. The lowest BCUT2D eigenvalue weighted by molar-refractivity contribution is -0.149. The predicted molar refractivity (Wildman–Crippen MR) is 204 cm³/mol. The van der Waals surface area contributed by atoms with Crippen LogP contribution in [0, 0.1) is 46.3 Å². The number of alkyl halides is 4. The number of nitrogens with two attached hydrogens (primary N) is 3. The Kier molecular flexibility index (Phi) is 11.1. The van der Waals surface area contributed by atoms with E-state index in [1.54, 1.807) is 19.2 Å². The molecule has 1 amide bonds. The largest absolute Gasteiger partial charge is 0.435 e. The van der Waals surface area contributed by atoms with Crippen molar-refractivity contribution in [3.8, 4) is 11.5 Å². The van der Waals surface area contributed by atoms with E-state index in [9.17, 15) is 31.9 Å². The average Bonchev–Trinajstić information content (AvgIpc) is 3.39. The number of aliphatic imine (C=N–C) groups is 2. The van der Waals surface area contributed by atoms with Crippen LogP contribution in [0.5, 0.6) is 11.5 Å². The maximum atomic E-state index is 13.6. The molecule has 57 heavy (non-hydrogen) atoms. The number of nitrogens with zero attached hydrogens (tertiary/aromatic N) is 3. The maximum absolute atomic E-state index is 13.6. The number of guanidine groups is 2. The number of halogens is 4. The molecule has 8 bridgehead atoms. The van der Waals surface area contributed by atoms with E-state index in [1.807, 2.05) is 0 Å². The van der Waals surface area contributed by atoms with Crippen LogP contribution in [0.2, 0.25) is 0 Å². The number of Topliss-reactive ketones (excluding diaryl/α,β-unsaturated/α-hetero) is 2. The molecule has 11 nitrogen and oxygen atoms in total. The summed E-state index contributed by atoms with van der Waals surface area (Å²) in [5.41, 5.74) is 15.0. The summed E-state index contributed by atoms with van der Waals surface area (Å²) < 4.78 is 58.2. The highest BCUT2D eigenvalue weighted by Gasteiger charge is 2.67. The van der Waals surface area contributed by atoms with Crippen molar-refractivity contribution in [2.45, 2.75) is 95.8 Å². The lowest BCUT2D eigenvalue weighted by Gasteiger charge is -2.61. The van der Waals surface area contributed by atoms with Gasteiger partial charge in [0.05, 0.1) is 0 Å². The molecule has 1 aliphatic heterocycles. The standard InChI is InChI=1S/C21H25F2N3O2.C19H20F2O3.C2H7N3/c1-26-17(27)21(25-19(26)24,15-2-4-16(5-3-15)28-18(22)23)20-9-12-6-13(10-20)8-14(7-12)11-20;20-18(21)24-15-3-1-14(2-4-15)16(22)17(23)19-8-11-5-12(9-19)7-13(6-11)10-19;1-5-2(3)4/h2-5,12-14,18H,6-11H2,1H3,(H2,24,25);1-4,11-13,18H,5-10H2;1H3,(H4,3,4,5). The Bertz CT molecular complexity index is 1830. The van der Waals surface area contributed by atoms with Crippen molar-refractivity contribution >= 4 is 29.4 Å². The number of hydrogen-bond acceptors (Lipinski definition) is 8. The zero-order valence-corrected chi connectivity index (χ0v) is 32.3. The van der Waals surface area contributed by atoms with E-state index in [4.69, 9.17) is 22.2 Å². The monoisotopic (exact) mass is 796 g/mol. The van der Waals surface area contributed by atoms with Gasteiger partial charge in [-0.25, -0.2) is 4.99 Å². The SMILES string of the molecule is CN1C(=O)C(c2ccc(OC(F)F)cc2)(C23CC4CC(CC(C4)C2)C3)N=C1N.CN=C(N)N.O=C(C(=O)C12CC3CC(CC(C3)C1)C2)c1ccc(OC(F)F)cc1. The Morgan fingerprint density at radius 1 is 0.737 bits per heavy atom. The second-order valence-corrected chi connectivity index (χ2v) is 17.6. The minimum Gasteiger partial charge on any atom is -0.435 e. The molecule has 8 aliphatic carbocycles. The van der Waals surface area contributed by atoms with Crippen molar-refractivity contribution in [1.82, 2.24) is 4.90 Å². The van der Waals surface area contributed by atoms with Crippen molar-refractivity contribution in [1.29, 1.82) is 0 Å². The molecule has 2 aromatic carbocycles. The fourth-order valence-electron chi connectivity index (χ4n) is 12.5. The quantitative estimate of drug-likeness (QED) is 0.0833. The molecule has 0 saturated heterocycles. The number of carbonyl (C=O) groups is 3. The van der Waals surface area contributed by atoms with Gasteiger partial charge in [-0.1, -0.05) is 12.1 Å². The van der Waals surface area contributed by atoms with E-state index in [2.05, 4.69) is 14.5 Å². The van der Waals surface area contributed by atoms with Gasteiger partial charge in [0.15, 0.2) is 17.5 Å². The molecule has 8 saturated carbocycles. The van der Waals surface area contributed by atoms with Gasteiger partial charge in [-0.15, -0.1) is 0 Å². The highest BCUT2D eigenvalue weighted by atomic mass is 19.3. The number of ether oxygens (including phenoxy) is 2. The first-order chi connectivity index (χ1) is 27.0. The van der Waals surface area contributed by atoms with Gasteiger partial charge < -0.3 is 26.7 Å². The van der Waals surface area contributed by atoms with Crippen molar-refractivity contribution < 1.29 is 41.4 Å². The third-order valence-electron chi connectivity index (χ3n) is 13.9. The van der Waals surface area contributed by atoms with Crippen molar-refractivity contribution in [2.75, 3.05) is 14.1 Å². The molecular weight excluding hydrogens is 744 g/mol. The molecule has 2 aromatic rings. The van der Waals surface area contributed by atoms with Gasteiger partial charge in [0.25, 0.3) is 5.91 Å². The normalized spacial score (nSPS) is 33.9. The highest BCUT2D eigenvalue weighted by molar-refractivity contribution is 6.45. The van der Waals surface area contributed by atoms with Crippen molar-refractivity contribution in [3.63, 3.8) is 0 Å². The molecule has 15 heteroatoms. The summed E-state index contributed by atoms with van der Waals surface area (Å²) in [7, 11) is 3.20. The van der Waals surface area contributed by atoms with Gasteiger partial charge >= 0.3 is 13.2 Å². The van der Waals surface area contributed by atoms with E-state index in [-0.39, 0.29) is 46.1 Å². The average molecular weight is 797 g/mol. The first kappa shape index (κ1) is 40.5. The van der Waals surface area contributed by atoms with Crippen LogP contribution in [0.3, 0.4) is 0 Å². The van der Waals surface area contributed by atoms with Crippen LogP contribution in [0.1, 0.15) is 93.0 Å². The Hall–Kier alpha value is -4.69. The zero-order valence-electron chi connectivity index (χ0n) is 32.3. The van der Waals surface area contributed by atoms with Gasteiger partial charge in [0, 0.05) is 30.5 Å². The number of rotatable bonds is 9. The van der Waals surface area contributed by atoms with Crippen LogP contribution >= 0.6 is 0 Å². The summed E-state index contributed by atoms with van der Waals surface area (Å²) in [6.07, 6.45) is 12.8. The summed E-state index contributed by atoms with van der Waals surface area (Å²) in [5.74, 6) is 3.26. The van der Waals surface area contributed by atoms with Crippen molar-refractivity contribution in [3.05, 3.63) is 59.7 Å². The van der Waals surface area contributed by atoms with Gasteiger partial charge in [-0.3, -0.25) is 24.3 Å². The summed E-state index contributed by atoms with van der Waals surface area (Å²) in [6, 6.07) is 11.9. The van der Waals surface area contributed by atoms with Gasteiger partial charge in [0.2, 0.25) is 11.6 Å². The molecule has 1 unspecified atom stereocenters. The van der Waals surface area contributed by atoms with E-state index >= 15 is 0 Å². The third kappa shape index (κ3) is 7.70. The van der Waals surface area contributed by atoms with Crippen LogP contribution in [-0.2, 0) is 15.1 Å². The van der Waals surface area contributed by atoms with Gasteiger partial charge in [-0.2, -0.15) is 17.6 Å². The predicted octanol–water partition coefficient (Wildman–Crippen LogP) is 6.63. The topological polar surface area (TPSA) is 176 Å². The summed E-state index contributed by atoms with van der Waals surface area (Å²) in [4.78, 5) is 48.8. The Morgan fingerprint density at radius 3 is 1.47 bits per heavy atom. The van der Waals surface area contributed by atoms with E-state index in [0.717, 1.165) is 44.1 Å². The maximum Gasteiger partial charge on any atom is 0.387 e. The van der Waals surface area contributed by atoms with Crippen LogP contribution < -0.4 is 26.7 Å². The van der Waals surface area contributed by atoms with Gasteiger partial charge in [-0.05, 0) is 155 Å². The van der Waals surface area contributed by atoms with E-state index in [1.165, 1.54) is 86.9 Å². The Labute approximate surface area is 329 Å². The molecule has 11 rings (SSSR count). The van der Waals surface area contributed by atoms with Crippen LogP contribution in [0.15, 0.2) is 58.5 Å². The number of ketones is 2. The molecule has 6 N–H and O–H groups in total. The molecule has 0 spiro atoms. The molecule has 1 heterocycles. The molecule has 9 aliphatic rings. The lowest BCUT2D eigenvalue weighted by Crippen LogP contribution is -2.59. The first-order valence-electron chi connectivity index (χ1n) is 19.9. The Morgan fingerprint density at radius 2 is 1.12 bits per heavy atom. The minimum absolute atomic E-state index is 0.0104. The summed E-state index contributed by atoms with van der Waals surface area (Å²) in [5, 5.41) is 0.